The molecule has 2 nitrogen and oxygen atoms in total. The Morgan fingerprint density at radius 3 is 1.18 bits per heavy atom. The van der Waals surface area contributed by atoms with Gasteiger partial charge in [-0.05, 0) is 16.7 Å². The third-order valence-electron chi connectivity index (χ3n) is 7.59. The standard InChI is InChI=1S/C38H28N2/c1-40-37(30-23-13-5-14-24-30)33-32(27-17-7-2-8-18-27)35(28-19-9-3-10-20-28)39-36(29-21-11-4-12-22-29)34(33)38(40)31-25-15-6-16-26-31/h2-26H,1H3. The second kappa shape index (κ2) is 10.2. The normalized spacial score (nSPS) is 11.1. The molecule has 0 saturated carbocycles. The summed E-state index contributed by atoms with van der Waals surface area (Å²) in [6, 6.07) is 53.3. The Morgan fingerprint density at radius 1 is 0.375 bits per heavy atom. The average molecular weight is 513 g/mol. The molecule has 0 fully saturated rings. The second-order valence-corrected chi connectivity index (χ2v) is 10.0. The highest BCUT2D eigenvalue weighted by Gasteiger charge is 2.27. The Morgan fingerprint density at radius 2 is 0.725 bits per heavy atom. The average Bonchev–Trinajstić information content (AvgIpc) is 3.34. The third-order valence-corrected chi connectivity index (χ3v) is 7.59. The molecule has 0 atom stereocenters. The van der Waals surface area contributed by atoms with E-state index in [0.29, 0.717) is 0 Å². The lowest BCUT2D eigenvalue weighted by Gasteiger charge is -2.17. The first-order chi connectivity index (χ1) is 19.8. The van der Waals surface area contributed by atoms with Crippen LogP contribution in [0.3, 0.4) is 0 Å². The number of aromatic nitrogens is 2. The van der Waals surface area contributed by atoms with Crippen LogP contribution < -0.4 is 0 Å². The van der Waals surface area contributed by atoms with Gasteiger partial charge in [-0.25, -0.2) is 4.98 Å². The van der Waals surface area contributed by atoms with E-state index in [1.807, 2.05) is 0 Å². The van der Waals surface area contributed by atoms with Crippen LogP contribution in [-0.4, -0.2) is 9.55 Å². The molecule has 5 aromatic carbocycles. The van der Waals surface area contributed by atoms with Crippen molar-refractivity contribution in [3.63, 3.8) is 0 Å². The monoisotopic (exact) mass is 512 g/mol. The molecule has 0 amide bonds. The zero-order valence-electron chi connectivity index (χ0n) is 22.3. The van der Waals surface area contributed by atoms with Gasteiger partial charge in [0, 0.05) is 34.5 Å². The maximum absolute atomic E-state index is 5.54. The molecule has 2 aromatic heterocycles. The minimum atomic E-state index is 0.987. The summed E-state index contributed by atoms with van der Waals surface area (Å²) in [4.78, 5) is 5.54. The van der Waals surface area contributed by atoms with Crippen molar-refractivity contribution in [1.29, 1.82) is 0 Å². The molecule has 7 rings (SSSR count). The predicted octanol–water partition coefficient (Wildman–Crippen LogP) is 9.91. The van der Waals surface area contributed by atoms with Crippen LogP contribution in [0.2, 0.25) is 0 Å². The Balaban J connectivity index is 1.76. The first kappa shape index (κ1) is 23.9. The predicted molar refractivity (Wildman–Crippen MR) is 168 cm³/mol. The van der Waals surface area contributed by atoms with Crippen molar-refractivity contribution in [2.24, 2.45) is 7.05 Å². The lowest BCUT2D eigenvalue weighted by atomic mass is 9.90. The number of nitrogens with zero attached hydrogens (tertiary/aromatic N) is 2. The molecule has 2 heteroatoms. The number of hydrogen-bond donors (Lipinski definition) is 0. The van der Waals surface area contributed by atoms with Gasteiger partial charge >= 0.3 is 0 Å². The maximum Gasteiger partial charge on any atom is 0.0810 e. The summed E-state index contributed by atoms with van der Waals surface area (Å²) in [6.07, 6.45) is 0. The van der Waals surface area contributed by atoms with Gasteiger partial charge in [0.1, 0.15) is 0 Å². The maximum atomic E-state index is 5.54. The van der Waals surface area contributed by atoms with Crippen LogP contribution in [0.5, 0.6) is 0 Å². The molecule has 2 heterocycles. The van der Waals surface area contributed by atoms with Crippen LogP contribution in [0.4, 0.5) is 0 Å². The van der Waals surface area contributed by atoms with Crippen LogP contribution >= 0.6 is 0 Å². The minimum absolute atomic E-state index is 0.987. The second-order valence-electron chi connectivity index (χ2n) is 10.0. The van der Waals surface area contributed by atoms with E-state index >= 15 is 0 Å². The molecule has 0 radical (unpaired) electrons. The molecular formula is C38H28N2. The molecule has 0 aliphatic rings. The summed E-state index contributed by atoms with van der Waals surface area (Å²) in [6.45, 7) is 0. The fourth-order valence-corrected chi connectivity index (χ4v) is 5.86. The van der Waals surface area contributed by atoms with E-state index in [1.54, 1.807) is 0 Å². The van der Waals surface area contributed by atoms with E-state index < -0.39 is 0 Å². The van der Waals surface area contributed by atoms with Gasteiger partial charge in [0.25, 0.3) is 0 Å². The highest BCUT2D eigenvalue weighted by molar-refractivity contribution is 6.19. The van der Waals surface area contributed by atoms with Crippen molar-refractivity contribution in [3.8, 4) is 56.2 Å². The van der Waals surface area contributed by atoms with Gasteiger partial charge in [0.05, 0.1) is 22.8 Å². The molecule has 0 aliphatic carbocycles. The van der Waals surface area contributed by atoms with E-state index in [1.165, 1.54) is 22.2 Å². The van der Waals surface area contributed by atoms with Gasteiger partial charge in [0.2, 0.25) is 0 Å². The van der Waals surface area contributed by atoms with E-state index in [-0.39, 0.29) is 0 Å². The van der Waals surface area contributed by atoms with Crippen LogP contribution in [0, 0.1) is 0 Å². The molecule has 40 heavy (non-hydrogen) atoms. The molecular weight excluding hydrogens is 484 g/mol. The van der Waals surface area contributed by atoms with Gasteiger partial charge in [0.15, 0.2) is 0 Å². The van der Waals surface area contributed by atoms with Gasteiger partial charge in [-0.1, -0.05) is 152 Å². The summed E-state index contributed by atoms with van der Waals surface area (Å²) in [5.74, 6) is 0. The third kappa shape index (κ3) is 4.02. The first-order valence-corrected chi connectivity index (χ1v) is 13.6. The largest absolute Gasteiger partial charge is 0.343 e. The van der Waals surface area contributed by atoms with E-state index in [2.05, 4.69) is 163 Å². The van der Waals surface area contributed by atoms with Crippen LogP contribution in [0.15, 0.2) is 152 Å². The minimum Gasteiger partial charge on any atom is -0.343 e. The number of pyridine rings is 1. The van der Waals surface area contributed by atoms with Gasteiger partial charge in [-0.3, -0.25) is 0 Å². The highest BCUT2D eigenvalue weighted by atomic mass is 15.0. The van der Waals surface area contributed by atoms with Crippen molar-refractivity contribution >= 4 is 10.8 Å². The fraction of sp³-hybridized carbons (Fsp3) is 0.0263. The molecule has 0 unspecified atom stereocenters. The van der Waals surface area contributed by atoms with Crippen LogP contribution in [0.1, 0.15) is 0 Å². The SMILES string of the molecule is Cn1c(-c2ccccc2)c2c(-c3ccccc3)nc(-c3ccccc3)c(-c3ccccc3)c2c1-c1ccccc1. The lowest BCUT2D eigenvalue weighted by molar-refractivity contribution is 0.951. The fourth-order valence-electron chi connectivity index (χ4n) is 5.86. The van der Waals surface area contributed by atoms with E-state index in [0.717, 1.165) is 44.7 Å². The number of fused-ring (bicyclic) bond motifs is 1. The summed E-state index contributed by atoms with van der Waals surface area (Å²) >= 11 is 0. The van der Waals surface area contributed by atoms with Crippen molar-refractivity contribution in [2.75, 3.05) is 0 Å². The quantitative estimate of drug-likeness (QED) is 0.224. The zero-order chi connectivity index (χ0) is 26.9. The number of benzene rings is 5. The number of rotatable bonds is 5. The first-order valence-electron chi connectivity index (χ1n) is 13.6. The zero-order valence-corrected chi connectivity index (χ0v) is 22.3. The van der Waals surface area contributed by atoms with Crippen molar-refractivity contribution in [1.82, 2.24) is 9.55 Å². The van der Waals surface area contributed by atoms with Gasteiger partial charge in [-0.15, -0.1) is 0 Å². The molecule has 0 bridgehead atoms. The van der Waals surface area contributed by atoms with Crippen LogP contribution in [0.25, 0.3) is 66.9 Å². The van der Waals surface area contributed by atoms with Gasteiger partial charge < -0.3 is 4.57 Å². The molecule has 0 aliphatic heterocycles. The lowest BCUT2D eigenvalue weighted by Crippen LogP contribution is -1.96. The van der Waals surface area contributed by atoms with Crippen molar-refractivity contribution < 1.29 is 0 Å². The molecule has 7 aromatic rings. The molecule has 0 saturated heterocycles. The summed E-state index contributed by atoms with van der Waals surface area (Å²) in [5, 5.41) is 2.38. The summed E-state index contributed by atoms with van der Waals surface area (Å²) in [5.41, 5.74) is 11.2. The molecule has 0 N–H and O–H groups in total. The Labute approximate surface area is 234 Å². The Hall–Kier alpha value is -5.21. The van der Waals surface area contributed by atoms with Crippen molar-refractivity contribution in [2.45, 2.75) is 0 Å². The van der Waals surface area contributed by atoms with E-state index in [9.17, 15) is 0 Å². The Kier molecular flexibility index (Phi) is 6.07. The smallest absolute Gasteiger partial charge is 0.0810 e. The van der Waals surface area contributed by atoms with Gasteiger partial charge in [-0.2, -0.15) is 0 Å². The summed E-state index contributed by atoms with van der Waals surface area (Å²) in [7, 11) is 2.19. The molecule has 190 valence electrons. The topological polar surface area (TPSA) is 17.8 Å². The van der Waals surface area contributed by atoms with E-state index in [4.69, 9.17) is 4.98 Å². The highest BCUT2D eigenvalue weighted by Crippen LogP contribution is 2.49. The summed E-state index contributed by atoms with van der Waals surface area (Å²) < 4.78 is 2.37. The Bertz CT molecular complexity index is 1910. The van der Waals surface area contributed by atoms with Crippen LogP contribution in [-0.2, 0) is 7.05 Å². The number of hydrogen-bond acceptors (Lipinski definition) is 1. The molecule has 0 spiro atoms. The van der Waals surface area contributed by atoms with Crippen molar-refractivity contribution in [3.05, 3.63) is 152 Å².